The number of allylic oxidation sites excluding steroid dienone is 2. The zero-order chi connectivity index (χ0) is 29.9. The van der Waals surface area contributed by atoms with Gasteiger partial charge in [0.2, 0.25) is 0 Å². The van der Waals surface area contributed by atoms with Crippen molar-refractivity contribution in [2.24, 2.45) is 17.6 Å². The highest BCUT2D eigenvalue weighted by molar-refractivity contribution is 6.09. The second-order valence-corrected chi connectivity index (χ2v) is 11.7. The van der Waals surface area contributed by atoms with Crippen molar-refractivity contribution < 1.29 is 14.6 Å². The van der Waals surface area contributed by atoms with Crippen molar-refractivity contribution in [1.82, 2.24) is 10.2 Å². The summed E-state index contributed by atoms with van der Waals surface area (Å²) in [5.74, 6) is -0.261. The second kappa shape index (κ2) is 12.1. The Morgan fingerprint density at radius 3 is 2.57 bits per heavy atom. The van der Waals surface area contributed by atoms with Gasteiger partial charge in [-0.25, -0.2) is 4.79 Å². The van der Waals surface area contributed by atoms with E-state index in [1.807, 2.05) is 30.3 Å². The van der Waals surface area contributed by atoms with Crippen molar-refractivity contribution in [2.75, 3.05) is 18.9 Å². The summed E-state index contributed by atoms with van der Waals surface area (Å²) in [6.07, 6.45) is 3.36. The number of nitrogens with one attached hydrogen (secondary N) is 3. The molecule has 1 fully saturated rings. The van der Waals surface area contributed by atoms with Crippen molar-refractivity contribution >= 4 is 17.9 Å². The molecule has 42 heavy (non-hydrogen) atoms. The number of carboxylic acid groups (broad SMARTS) is 1. The first-order valence-corrected chi connectivity index (χ1v) is 14.2. The third-order valence-electron chi connectivity index (χ3n) is 7.73. The second-order valence-electron chi connectivity index (χ2n) is 11.7. The minimum absolute atomic E-state index is 0.0236. The Kier molecular flexibility index (Phi) is 8.36. The summed E-state index contributed by atoms with van der Waals surface area (Å²) < 4.78 is 6.33. The van der Waals surface area contributed by atoms with Crippen LogP contribution in [0.2, 0.25) is 0 Å². The molecule has 0 spiro atoms. The third kappa shape index (κ3) is 6.66. The molecule has 0 radical (unpaired) electrons. The van der Waals surface area contributed by atoms with Crippen molar-refractivity contribution in [2.45, 2.75) is 39.0 Å². The van der Waals surface area contributed by atoms with E-state index in [9.17, 15) is 9.90 Å². The van der Waals surface area contributed by atoms with Crippen LogP contribution < -0.4 is 21.1 Å². The normalized spacial score (nSPS) is 20.3. The highest BCUT2D eigenvalue weighted by atomic mass is 16.5. The van der Waals surface area contributed by atoms with Crippen LogP contribution in [0.4, 0.5) is 5.69 Å². The van der Waals surface area contributed by atoms with Gasteiger partial charge in [0.25, 0.3) is 0 Å². The fourth-order valence-electron chi connectivity index (χ4n) is 5.82. The zero-order valence-corrected chi connectivity index (χ0v) is 24.4. The first kappa shape index (κ1) is 29.0. The molecule has 218 valence electrons. The largest absolute Gasteiger partial charge is 0.486 e. The van der Waals surface area contributed by atoms with E-state index in [1.54, 1.807) is 13.2 Å². The van der Waals surface area contributed by atoms with Gasteiger partial charge >= 0.3 is 5.97 Å². The Morgan fingerprint density at radius 1 is 1.10 bits per heavy atom. The van der Waals surface area contributed by atoms with Gasteiger partial charge in [0, 0.05) is 73.6 Å². The summed E-state index contributed by atoms with van der Waals surface area (Å²) in [4.78, 5) is 14.4. The maximum atomic E-state index is 12.0. The average Bonchev–Trinajstić information content (AvgIpc) is 3.76. The molecule has 5 rings (SSSR count). The van der Waals surface area contributed by atoms with Gasteiger partial charge in [-0.1, -0.05) is 48.5 Å². The molecule has 3 aromatic carbocycles. The maximum absolute atomic E-state index is 12.0. The zero-order valence-electron chi connectivity index (χ0n) is 24.4. The molecule has 0 aromatic heterocycles. The van der Waals surface area contributed by atoms with Gasteiger partial charge in [-0.15, -0.1) is 0 Å². The Balaban J connectivity index is 1.37. The molecule has 8 heteroatoms. The molecule has 0 saturated heterocycles. The van der Waals surface area contributed by atoms with Crippen molar-refractivity contribution in [3.05, 3.63) is 107 Å². The Hall–Kier alpha value is -4.56. The highest BCUT2D eigenvalue weighted by Crippen LogP contribution is 2.48. The SMILES string of the molecule is CN/C=C(\N)C1C[C@H]1/C(Nc1cccc(-c2cccc(CN3Cc4ccccc4OC(C)(C)C3)c2)c1)=C(/C=N)C(=O)O. The van der Waals surface area contributed by atoms with Crippen LogP contribution in [0.25, 0.3) is 11.1 Å². The molecule has 0 amide bonds. The Morgan fingerprint density at radius 2 is 1.83 bits per heavy atom. The lowest BCUT2D eigenvalue weighted by Gasteiger charge is -2.29. The molecular weight excluding hydrogens is 526 g/mol. The fourth-order valence-corrected chi connectivity index (χ4v) is 5.82. The van der Waals surface area contributed by atoms with E-state index in [0.29, 0.717) is 11.4 Å². The number of anilines is 1. The predicted molar refractivity (Wildman–Crippen MR) is 167 cm³/mol. The monoisotopic (exact) mass is 565 g/mol. The predicted octanol–water partition coefficient (Wildman–Crippen LogP) is 5.58. The lowest BCUT2D eigenvalue weighted by molar-refractivity contribution is -0.132. The number of rotatable bonds is 10. The summed E-state index contributed by atoms with van der Waals surface area (Å²) in [5.41, 5.74) is 12.2. The van der Waals surface area contributed by atoms with Crippen LogP contribution in [0.1, 0.15) is 31.4 Å². The summed E-state index contributed by atoms with van der Waals surface area (Å²) in [6.45, 7) is 6.65. The smallest absolute Gasteiger partial charge is 0.339 e. The maximum Gasteiger partial charge on any atom is 0.339 e. The summed E-state index contributed by atoms with van der Waals surface area (Å²) >= 11 is 0. The molecule has 2 atom stereocenters. The van der Waals surface area contributed by atoms with Gasteiger partial charge in [-0.05, 0) is 61.2 Å². The lowest BCUT2D eigenvalue weighted by Crippen LogP contribution is -2.40. The molecule has 8 nitrogen and oxygen atoms in total. The van der Waals surface area contributed by atoms with Crippen LogP contribution in [0.3, 0.4) is 0 Å². The van der Waals surface area contributed by atoms with E-state index in [4.69, 9.17) is 15.9 Å². The van der Waals surface area contributed by atoms with Gasteiger partial charge < -0.3 is 31.6 Å². The van der Waals surface area contributed by atoms with Gasteiger partial charge in [0.1, 0.15) is 11.4 Å². The average molecular weight is 566 g/mol. The van der Waals surface area contributed by atoms with E-state index in [2.05, 4.69) is 71.8 Å². The van der Waals surface area contributed by atoms with Gasteiger partial charge in [0.05, 0.1) is 5.57 Å². The lowest BCUT2D eigenvalue weighted by atomic mass is 10.0. The quantitative estimate of drug-likeness (QED) is 0.161. The van der Waals surface area contributed by atoms with Crippen molar-refractivity contribution in [3.8, 4) is 16.9 Å². The van der Waals surface area contributed by atoms with Gasteiger partial charge in [-0.3, -0.25) is 4.90 Å². The third-order valence-corrected chi connectivity index (χ3v) is 7.73. The van der Waals surface area contributed by atoms with Gasteiger partial charge in [-0.2, -0.15) is 0 Å². The number of ether oxygens (including phenoxy) is 1. The molecule has 1 unspecified atom stereocenters. The van der Waals surface area contributed by atoms with Crippen LogP contribution >= 0.6 is 0 Å². The number of nitrogens with two attached hydrogens (primary N) is 1. The van der Waals surface area contributed by atoms with E-state index in [-0.39, 0.29) is 23.0 Å². The van der Waals surface area contributed by atoms with Crippen LogP contribution in [-0.2, 0) is 17.9 Å². The number of fused-ring (bicyclic) bond motifs is 1. The van der Waals surface area contributed by atoms with E-state index in [0.717, 1.165) is 54.8 Å². The highest BCUT2D eigenvalue weighted by Gasteiger charge is 2.43. The van der Waals surface area contributed by atoms with Crippen molar-refractivity contribution in [1.29, 1.82) is 5.41 Å². The van der Waals surface area contributed by atoms with E-state index < -0.39 is 5.97 Å². The molecule has 0 bridgehead atoms. The number of nitrogens with zero attached hydrogens (tertiary/aromatic N) is 1. The molecule has 1 aliphatic carbocycles. The summed E-state index contributed by atoms with van der Waals surface area (Å²) in [6, 6.07) is 24.7. The molecule has 1 aliphatic heterocycles. The van der Waals surface area contributed by atoms with E-state index in [1.165, 1.54) is 11.1 Å². The first-order chi connectivity index (χ1) is 20.2. The summed E-state index contributed by atoms with van der Waals surface area (Å²) in [5, 5.41) is 23.9. The first-order valence-electron chi connectivity index (χ1n) is 14.2. The molecule has 6 N–H and O–H groups in total. The Labute approximate surface area is 247 Å². The van der Waals surface area contributed by atoms with Gasteiger partial charge in [0.15, 0.2) is 0 Å². The van der Waals surface area contributed by atoms with Crippen LogP contribution in [-0.4, -0.2) is 41.4 Å². The fraction of sp³-hybridized carbons (Fsp3) is 0.294. The summed E-state index contributed by atoms with van der Waals surface area (Å²) in [7, 11) is 1.78. The van der Waals surface area contributed by atoms with E-state index >= 15 is 0 Å². The molecule has 1 heterocycles. The molecule has 2 aliphatic rings. The minimum atomic E-state index is -1.14. The number of para-hydroxylation sites is 1. The molecule has 3 aromatic rings. The number of aliphatic carboxylic acids is 1. The molecule has 1 saturated carbocycles. The Bertz CT molecular complexity index is 1540. The topological polar surface area (TPSA) is 124 Å². The number of hydrogen-bond donors (Lipinski definition) is 5. The minimum Gasteiger partial charge on any atom is -0.486 e. The van der Waals surface area contributed by atoms with Crippen LogP contribution in [0.5, 0.6) is 5.75 Å². The van der Waals surface area contributed by atoms with Crippen molar-refractivity contribution in [3.63, 3.8) is 0 Å². The number of hydrogen-bond acceptors (Lipinski definition) is 7. The van der Waals surface area contributed by atoms with Crippen LogP contribution in [0, 0.1) is 17.2 Å². The number of carbonyl (C=O) groups is 1. The molecular formula is C34H39N5O3. The number of carboxylic acids is 1. The number of benzene rings is 3. The standard InChI is InChI=1S/C34H39N5O3/c1-34(2)21-39(20-25-9-4-5-13-31(25)42-34)19-22-8-6-10-23(14-22)24-11-7-12-26(15-24)38-32(29(17-35)33(40)41)28-16-27(28)30(36)18-37-3/h4-15,17-18,27-28,35,37-38H,16,19-21,36H2,1-3H3,(H,40,41)/b30-18-,32-29+,35-17?/t27?,28-/m1/s1. The van der Waals surface area contributed by atoms with Crippen LogP contribution in [0.15, 0.2) is 96.0 Å².